The van der Waals surface area contributed by atoms with Crippen molar-refractivity contribution in [3.8, 4) is 0 Å². The second-order valence-corrected chi connectivity index (χ2v) is 6.38. The first-order valence-corrected chi connectivity index (χ1v) is 8.52. The van der Waals surface area contributed by atoms with Crippen LogP contribution >= 0.6 is 11.6 Å². The molecule has 0 saturated carbocycles. The number of rotatable bonds is 3. The molecule has 2 amide bonds. The number of hydrogen-bond donors (Lipinski definition) is 0. The fraction of sp³-hybridized carbons (Fsp3) is 0.0476. The summed E-state index contributed by atoms with van der Waals surface area (Å²) in [4.78, 5) is 28.7. The fourth-order valence-electron chi connectivity index (χ4n) is 3.18. The molecule has 3 aromatic carbocycles. The molecule has 1 aliphatic heterocycles. The summed E-state index contributed by atoms with van der Waals surface area (Å²) in [5.74, 6) is -0.937. The molecule has 0 saturated heterocycles. The highest BCUT2D eigenvalue weighted by Crippen LogP contribution is 2.36. The van der Waals surface area contributed by atoms with Crippen molar-refractivity contribution in [2.75, 3.05) is 16.8 Å². The number of carbonyl (C=O) groups excluding carboxylic acids is 2. The lowest BCUT2D eigenvalue weighted by atomic mass is 10.1. The van der Waals surface area contributed by atoms with Crippen LogP contribution in [0.15, 0.2) is 83.5 Å². The number of para-hydroxylation sites is 1. The van der Waals surface area contributed by atoms with Crippen LogP contribution in [0.4, 0.5) is 11.4 Å². The Balaban J connectivity index is 1.80. The van der Waals surface area contributed by atoms with Crippen LogP contribution in [0.25, 0.3) is 10.8 Å². The van der Waals surface area contributed by atoms with Gasteiger partial charge in [-0.1, -0.05) is 66.2 Å². The van der Waals surface area contributed by atoms with Gasteiger partial charge in [-0.2, -0.15) is 0 Å². The lowest BCUT2D eigenvalue weighted by Gasteiger charge is -2.21. The van der Waals surface area contributed by atoms with E-state index in [1.54, 1.807) is 18.0 Å². The number of benzene rings is 3. The topological polar surface area (TPSA) is 40.6 Å². The summed E-state index contributed by atoms with van der Waals surface area (Å²) in [7, 11) is 1.73. The van der Waals surface area contributed by atoms with Gasteiger partial charge < -0.3 is 4.90 Å². The van der Waals surface area contributed by atoms with E-state index in [-0.39, 0.29) is 10.7 Å². The Hall–Kier alpha value is -3.11. The summed E-state index contributed by atoms with van der Waals surface area (Å²) in [5.41, 5.74) is 1.49. The molecular weight excluding hydrogens is 348 g/mol. The predicted octanol–water partition coefficient (Wildman–Crippen LogP) is 4.30. The van der Waals surface area contributed by atoms with Crippen molar-refractivity contribution in [2.24, 2.45) is 0 Å². The third-order valence-corrected chi connectivity index (χ3v) is 4.83. The van der Waals surface area contributed by atoms with E-state index in [0.717, 1.165) is 21.4 Å². The van der Waals surface area contributed by atoms with Gasteiger partial charge in [-0.05, 0) is 23.6 Å². The second kappa shape index (κ2) is 6.32. The van der Waals surface area contributed by atoms with Gasteiger partial charge in [0.15, 0.2) is 0 Å². The summed E-state index contributed by atoms with van der Waals surface area (Å²) in [6.07, 6.45) is 0. The van der Waals surface area contributed by atoms with E-state index in [1.807, 2.05) is 66.7 Å². The second-order valence-electron chi connectivity index (χ2n) is 6.00. The molecular formula is C21H15ClN2O2. The van der Waals surface area contributed by atoms with Crippen molar-refractivity contribution in [3.63, 3.8) is 0 Å². The van der Waals surface area contributed by atoms with Crippen molar-refractivity contribution in [2.45, 2.75) is 0 Å². The van der Waals surface area contributed by atoms with Crippen LogP contribution in [-0.4, -0.2) is 18.9 Å². The third kappa shape index (κ3) is 2.47. The molecule has 5 heteroatoms. The van der Waals surface area contributed by atoms with E-state index >= 15 is 0 Å². The number of anilines is 2. The van der Waals surface area contributed by atoms with Crippen LogP contribution in [0.2, 0.25) is 0 Å². The lowest BCUT2D eigenvalue weighted by Crippen LogP contribution is -2.34. The SMILES string of the molecule is CN(C1=C(Cl)C(=O)N(c2cccc3ccccc23)C1=O)c1ccccc1. The quantitative estimate of drug-likeness (QED) is 0.652. The minimum atomic E-state index is -0.509. The zero-order valence-electron chi connectivity index (χ0n) is 14.0. The largest absolute Gasteiger partial charge is 0.339 e. The Kier molecular flexibility index (Phi) is 3.98. The maximum atomic E-state index is 13.1. The van der Waals surface area contributed by atoms with Crippen molar-refractivity contribution in [3.05, 3.63) is 83.5 Å². The van der Waals surface area contributed by atoms with Crippen LogP contribution in [0.1, 0.15) is 0 Å². The molecule has 1 aliphatic rings. The molecule has 0 N–H and O–H groups in total. The monoisotopic (exact) mass is 362 g/mol. The van der Waals surface area contributed by atoms with Gasteiger partial charge in [0.2, 0.25) is 0 Å². The van der Waals surface area contributed by atoms with Gasteiger partial charge in [0.1, 0.15) is 10.7 Å². The number of likely N-dealkylation sites (N-methyl/N-ethyl adjacent to an activating group) is 1. The Bertz CT molecular complexity index is 1050. The zero-order chi connectivity index (χ0) is 18.3. The smallest absolute Gasteiger partial charge is 0.283 e. The summed E-state index contributed by atoms with van der Waals surface area (Å²) in [6.45, 7) is 0. The third-order valence-electron chi connectivity index (χ3n) is 4.49. The lowest BCUT2D eigenvalue weighted by molar-refractivity contribution is -0.120. The van der Waals surface area contributed by atoms with Gasteiger partial charge >= 0.3 is 0 Å². The highest BCUT2D eigenvalue weighted by molar-refractivity contribution is 6.53. The number of nitrogens with zero attached hydrogens (tertiary/aromatic N) is 2. The van der Waals surface area contributed by atoms with E-state index in [9.17, 15) is 9.59 Å². The molecule has 4 nitrogen and oxygen atoms in total. The number of fused-ring (bicyclic) bond motifs is 1. The van der Waals surface area contributed by atoms with Crippen LogP contribution in [0, 0.1) is 0 Å². The minimum absolute atomic E-state index is 0.0747. The van der Waals surface area contributed by atoms with Gasteiger partial charge in [0.05, 0.1) is 5.69 Å². The molecule has 26 heavy (non-hydrogen) atoms. The van der Waals surface area contributed by atoms with Gasteiger partial charge in [-0.3, -0.25) is 9.59 Å². The Morgan fingerprint density at radius 3 is 2.23 bits per heavy atom. The fourth-order valence-corrected chi connectivity index (χ4v) is 3.48. The van der Waals surface area contributed by atoms with Gasteiger partial charge in [0, 0.05) is 18.1 Å². The van der Waals surface area contributed by atoms with E-state index in [4.69, 9.17) is 11.6 Å². The number of amides is 2. The van der Waals surface area contributed by atoms with Gasteiger partial charge in [0.25, 0.3) is 11.8 Å². The first-order valence-electron chi connectivity index (χ1n) is 8.14. The Labute approximate surface area is 155 Å². The average molecular weight is 363 g/mol. The van der Waals surface area contributed by atoms with Crippen LogP contribution in [0.5, 0.6) is 0 Å². The van der Waals surface area contributed by atoms with Crippen molar-refractivity contribution in [1.82, 2.24) is 0 Å². The van der Waals surface area contributed by atoms with Crippen molar-refractivity contribution in [1.29, 1.82) is 0 Å². The summed E-state index contributed by atoms with van der Waals surface area (Å²) in [5, 5.41) is 1.70. The van der Waals surface area contributed by atoms with Crippen molar-refractivity contribution >= 4 is 45.6 Å². The molecule has 3 aromatic rings. The molecule has 0 spiro atoms. The van der Waals surface area contributed by atoms with Crippen molar-refractivity contribution < 1.29 is 9.59 Å². The van der Waals surface area contributed by atoms with Gasteiger partial charge in [-0.25, -0.2) is 4.90 Å². The molecule has 0 unspecified atom stereocenters. The molecule has 4 rings (SSSR count). The number of imide groups is 1. The van der Waals surface area contributed by atoms with Crippen LogP contribution < -0.4 is 9.80 Å². The molecule has 0 radical (unpaired) electrons. The zero-order valence-corrected chi connectivity index (χ0v) is 14.8. The number of hydrogen-bond acceptors (Lipinski definition) is 3. The molecule has 0 aliphatic carbocycles. The molecule has 0 aromatic heterocycles. The maximum Gasteiger partial charge on any atom is 0.283 e. The Morgan fingerprint density at radius 1 is 0.808 bits per heavy atom. The first kappa shape index (κ1) is 16.4. The minimum Gasteiger partial charge on any atom is -0.339 e. The summed E-state index contributed by atoms with van der Waals surface area (Å²) >= 11 is 6.29. The molecule has 0 bridgehead atoms. The standard InChI is InChI=1S/C21H15ClN2O2/c1-23(15-10-3-2-4-11-15)19-18(22)20(25)24(21(19)26)17-13-7-9-14-8-5-6-12-16(14)17/h2-13H,1H3. The van der Waals surface area contributed by atoms with E-state index in [2.05, 4.69) is 0 Å². The highest BCUT2D eigenvalue weighted by atomic mass is 35.5. The van der Waals surface area contributed by atoms with Gasteiger partial charge in [-0.15, -0.1) is 0 Å². The summed E-state index contributed by atoms with van der Waals surface area (Å²) < 4.78 is 0. The highest BCUT2D eigenvalue weighted by Gasteiger charge is 2.41. The summed E-state index contributed by atoms with van der Waals surface area (Å²) in [6, 6.07) is 22.5. The first-order chi connectivity index (χ1) is 12.6. The molecule has 0 atom stereocenters. The normalized spacial score (nSPS) is 14.5. The van der Waals surface area contributed by atoms with Crippen LogP contribution in [0.3, 0.4) is 0 Å². The maximum absolute atomic E-state index is 13.1. The average Bonchev–Trinajstić information content (AvgIpc) is 2.90. The van der Waals surface area contributed by atoms with E-state index in [0.29, 0.717) is 5.69 Å². The van der Waals surface area contributed by atoms with E-state index in [1.165, 1.54) is 0 Å². The molecule has 1 heterocycles. The predicted molar refractivity (Wildman–Crippen MR) is 104 cm³/mol. The van der Waals surface area contributed by atoms with Crippen LogP contribution in [-0.2, 0) is 9.59 Å². The number of halogens is 1. The number of carbonyl (C=O) groups is 2. The molecule has 128 valence electrons. The molecule has 0 fully saturated rings. The Morgan fingerprint density at radius 2 is 1.46 bits per heavy atom. The van der Waals surface area contributed by atoms with E-state index < -0.39 is 11.8 Å².